The van der Waals surface area contributed by atoms with Gasteiger partial charge in [-0.05, 0) is 11.6 Å². The summed E-state index contributed by atoms with van der Waals surface area (Å²) in [6.07, 6.45) is -6.33. The number of para-hydroxylation sites is 1. The molecule has 0 bridgehead atoms. The lowest BCUT2D eigenvalue weighted by molar-refractivity contribution is -0.206. The number of rotatable bonds is 4. The molecule has 0 aliphatic carbocycles. The van der Waals surface area contributed by atoms with Gasteiger partial charge >= 0.3 is 6.18 Å². The number of nitrogens with zero attached hydrogens (tertiary/aromatic N) is 3. The number of hydrogen-bond donors (Lipinski definition) is 4. The van der Waals surface area contributed by atoms with E-state index in [0.717, 1.165) is 11.8 Å². The fourth-order valence-corrected chi connectivity index (χ4v) is 4.17. The third-order valence-corrected chi connectivity index (χ3v) is 5.89. The molecule has 1 unspecified atom stereocenters. The second-order valence-electron chi connectivity index (χ2n) is 8.38. The first kappa shape index (κ1) is 24.9. The van der Waals surface area contributed by atoms with Crippen LogP contribution >= 0.6 is 0 Å². The van der Waals surface area contributed by atoms with E-state index < -0.39 is 36.0 Å². The number of halogens is 3. The van der Waals surface area contributed by atoms with Crippen molar-refractivity contribution in [2.24, 2.45) is 10.7 Å². The quantitative estimate of drug-likeness (QED) is 0.323. The van der Waals surface area contributed by atoms with Crippen molar-refractivity contribution in [3.63, 3.8) is 0 Å². The number of likely N-dealkylation sites (N-methyl/N-ethyl adjacent to an activating group) is 1. The van der Waals surface area contributed by atoms with Crippen LogP contribution in [0, 0.1) is 5.41 Å². The Kier molecular flexibility index (Phi) is 6.55. The molecule has 3 aromatic rings. The van der Waals surface area contributed by atoms with Crippen LogP contribution in [0.25, 0.3) is 10.9 Å². The molecular formula is C24H23F3N6O3. The van der Waals surface area contributed by atoms with E-state index in [4.69, 9.17) is 11.1 Å². The number of amidine groups is 2. The van der Waals surface area contributed by atoms with Crippen LogP contribution in [-0.2, 0) is 22.6 Å². The highest BCUT2D eigenvalue weighted by molar-refractivity contribution is 6.39. The average molecular weight is 500 g/mol. The predicted octanol–water partition coefficient (Wildman–Crippen LogP) is 2.28. The van der Waals surface area contributed by atoms with Gasteiger partial charge in [-0.15, -0.1) is 0 Å². The van der Waals surface area contributed by atoms with Crippen molar-refractivity contribution in [3.05, 3.63) is 65.9 Å². The SMILES string of the molecule is CN1C(=O)[C@@H](NC(=O)C(N)=NC(=N)Cc2ccccc2)Cn2cc(C(O)C(F)(F)F)c3cccc1c32. The van der Waals surface area contributed by atoms with Crippen LogP contribution < -0.4 is 16.0 Å². The second-order valence-corrected chi connectivity index (χ2v) is 8.38. The average Bonchev–Trinajstić information content (AvgIpc) is 3.16. The standard InChI is InChI=1S/C24H23F3N6O3/c1-32-17-9-5-8-14-15(20(34)24(25,26)27)11-33(19(14)17)12-16(23(32)36)30-22(35)21(29)31-18(28)10-13-6-3-2-4-7-13/h2-9,11,16,20,34H,10,12H2,1H3,(H,30,35)(H3,28,29,31)/t16-,20?/m0/s1. The van der Waals surface area contributed by atoms with Crippen molar-refractivity contribution < 1.29 is 27.9 Å². The molecule has 36 heavy (non-hydrogen) atoms. The lowest BCUT2D eigenvalue weighted by Gasteiger charge is -2.22. The van der Waals surface area contributed by atoms with E-state index in [-0.39, 0.29) is 29.8 Å². The number of alkyl halides is 3. The summed E-state index contributed by atoms with van der Waals surface area (Å²) in [6.45, 7) is -0.207. The van der Waals surface area contributed by atoms with Crippen molar-refractivity contribution in [3.8, 4) is 0 Å². The number of benzene rings is 2. The van der Waals surface area contributed by atoms with Gasteiger partial charge in [0.2, 0.25) is 0 Å². The summed E-state index contributed by atoms with van der Waals surface area (Å²) in [5.41, 5.74) is 6.84. The largest absolute Gasteiger partial charge is 0.418 e. The molecule has 1 aliphatic rings. The minimum atomic E-state index is -4.89. The number of anilines is 1. The number of nitrogens with two attached hydrogens (primary N) is 1. The first-order chi connectivity index (χ1) is 17.0. The maximum atomic E-state index is 13.3. The molecule has 5 N–H and O–H groups in total. The maximum absolute atomic E-state index is 13.3. The molecule has 1 aliphatic heterocycles. The van der Waals surface area contributed by atoms with Crippen molar-refractivity contribution in [1.82, 2.24) is 9.88 Å². The first-order valence-electron chi connectivity index (χ1n) is 10.9. The van der Waals surface area contributed by atoms with E-state index >= 15 is 0 Å². The zero-order valence-electron chi connectivity index (χ0n) is 19.1. The fraction of sp³-hybridized carbons (Fsp3) is 0.250. The zero-order valence-corrected chi connectivity index (χ0v) is 19.1. The van der Waals surface area contributed by atoms with Gasteiger partial charge in [0.1, 0.15) is 11.9 Å². The third-order valence-electron chi connectivity index (χ3n) is 5.89. The Balaban J connectivity index is 1.59. The summed E-state index contributed by atoms with van der Waals surface area (Å²) in [5, 5.41) is 20.5. The number of amides is 2. The first-order valence-corrected chi connectivity index (χ1v) is 10.9. The maximum Gasteiger partial charge on any atom is 0.418 e. The van der Waals surface area contributed by atoms with Gasteiger partial charge in [0, 0.05) is 30.6 Å². The van der Waals surface area contributed by atoms with Gasteiger partial charge in [0.25, 0.3) is 11.8 Å². The van der Waals surface area contributed by atoms with Crippen LogP contribution in [0.2, 0.25) is 0 Å². The molecular weight excluding hydrogens is 477 g/mol. The lowest BCUT2D eigenvalue weighted by atomic mass is 10.1. The Labute approximate surface area is 203 Å². The number of aromatic nitrogens is 1. The Morgan fingerprint density at radius 2 is 1.94 bits per heavy atom. The molecule has 9 nitrogen and oxygen atoms in total. The minimum Gasteiger partial charge on any atom is -0.379 e. The number of aliphatic hydroxyl groups excluding tert-OH is 1. The molecule has 2 amide bonds. The summed E-state index contributed by atoms with van der Waals surface area (Å²) < 4.78 is 41.2. The van der Waals surface area contributed by atoms with Crippen LogP contribution in [0.15, 0.2) is 59.7 Å². The van der Waals surface area contributed by atoms with E-state index in [1.807, 2.05) is 6.07 Å². The third kappa shape index (κ3) is 4.80. The van der Waals surface area contributed by atoms with Crippen molar-refractivity contribution in [1.29, 1.82) is 5.41 Å². The highest BCUT2D eigenvalue weighted by Crippen LogP contribution is 2.40. The predicted molar refractivity (Wildman–Crippen MR) is 128 cm³/mol. The smallest absolute Gasteiger partial charge is 0.379 e. The van der Waals surface area contributed by atoms with E-state index in [0.29, 0.717) is 11.2 Å². The molecule has 1 aromatic heterocycles. The Morgan fingerprint density at radius 3 is 2.61 bits per heavy atom. The lowest BCUT2D eigenvalue weighted by Crippen LogP contribution is -2.51. The second kappa shape index (κ2) is 9.46. The number of aliphatic hydroxyl groups is 1. The van der Waals surface area contributed by atoms with Gasteiger partial charge in [0.05, 0.1) is 17.7 Å². The molecule has 0 saturated carbocycles. The molecule has 12 heteroatoms. The molecule has 4 rings (SSSR count). The van der Waals surface area contributed by atoms with Gasteiger partial charge in [-0.25, -0.2) is 4.99 Å². The summed E-state index contributed by atoms with van der Waals surface area (Å²) >= 11 is 0. The molecule has 2 aromatic carbocycles. The van der Waals surface area contributed by atoms with Gasteiger partial charge in [-0.2, -0.15) is 13.2 Å². The van der Waals surface area contributed by atoms with Crippen molar-refractivity contribution >= 4 is 40.1 Å². The highest BCUT2D eigenvalue weighted by atomic mass is 19.4. The Morgan fingerprint density at radius 1 is 1.25 bits per heavy atom. The normalized spacial score (nSPS) is 17.1. The van der Waals surface area contributed by atoms with Gasteiger partial charge in [0.15, 0.2) is 11.9 Å². The molecule has 2 heterocycles. The van der Waals surface area contributed by atoms with Crippen molar-refractivity contribution in [2.75, 3.05) is 11.9 Å². The summed E-state index contributed by atoms with van der Waals surface area (Å²) in [5.74, 6) is -2.11. The topological polar surface area (TPSA) is 137 Å². The Bertz CT molecular complexity index is 1370. The molecule has 0 saturated heterocycles. The number of carbonyl (C=O) groups is 2. The fourth-order valence-electron chi connectivity index (χ4n) is 4.17. The Hall–Kier alpha value is -4.19. The molecule has 2 atom stereocenters. The van der Waals surface area contributed by atoms with Gasteiger partial charge < -0.3 is 25.6 Å². The summed E-state index contributed by atoms with van der Waals surface area (Å²) in [7, 11) is 1.44. The highest BCUT2D eigenvalue weighted by Gasteiger charge is 2.42. The van der Waals surface area contributed by atoms with E-state index in [1.165, 1.54) is 28.6 Å². The van der Waals surface area contributed by atoms with Crippen LogP contribution in [0.4, 0.5) is 18.9 Å². The number of carbonyl (C=O) groups excluding carboxylic acids is 2. The van der Waals surface area contributed by atoms with E-state index in [2.05, 4.69) is 10.3 Å². The molecule has 0 radical (unpaired) electrons. The van der Waals surface area contributed by atoms with E-state index in [9.17, 15) is 27.9 Å². The van der Waals surface area contributed by atoms with Crippen LogP contribution in [0.5, 0.6) is 0 Å². The van der Waals surface area contributed by atoms with Crippen LogP contribution in [-0.4, -0.2) is 52.4 Å². The van der Waals surface area contributed by atoms with Crippen LogP contribution in [0.3, 0.4) is 0 Å². The molecule has 188 valence electrons. The minimum absolute atomic E-state index is 0.138. The number of nitrogens with one attached hydrogen (secondary N) is 2. The van der Waals surface area contributed by atoms with E-state index in [1.54, 1.807) is 30.3 Å². The van der Waals surface area contributed by atoms with Crippen molar-refractivity contribution in [2.45, 2.75) is 31.3 Å². The van der Waals surface area contributed by atoms with Gasteiger partial charge in [-0.1, -0.05) is 42.5 Å². The summed E-state index contributed by atoms with van der Waals surface area (Å²) in [4.78, 5) is 30.8. The molecule has 0 fully saturated rings. The number of aliphatic imine (C=N–C) groups is 1. The summed E-state index contributed by atoms with van der Waals surface area (Å²) in [6, 6.07) is 12.3. The monoisotopic (exact) mass is 500 g/mol. The van der Waals surface area contributed by atoms with Crippen LogP contribution in [0.1, 0.15) is 17.2 Å². The molecule has 0 spiro atoms. The number of hydrogen-bond acceptors (Lipinski definition) is 4. The zero-order chi connectivity index (χ0) is 26.2. The van der Waals surface area contributed by atoms with Gasteiger partial charge in [-0.3, -0.25) is 15.0 Å².